The fourth-order valence-electron chi connectivity index (χ4n) is 7.43. The highest BCUT2D eigenvalue weighted by Crippen LogP contribution is 2.43. The van der Waals surface area contributed by atoms with Crippen molar-refractivity contribution in [1.29, 1.82) is 0 Å². The Morgan fingerprint density at radius 3 is 2.57 bits per heavy atom. The minimum absolute atomic E-state index is 0.00827. The van der Waals surface area contributed by atoms with E-state index in [4.69, 9.17) is 14.2 Å². The number of benzene rings is 3. The first kappa shape index (κ1) is 34.5. The molecule has 2 atom stereocenters. The molecule has 11 nitrogen and oxygen atoms in total. The van der Waals surface area contributed by atoms with Crippen LogP contribution in [0.5, 0.6) is 5.75 Å². The van der Waals surface area contributed by atoms with E-state index in [2.05, 4.69) is 23.5 Å². The molecular weight excluding hydrogens is 648 g/mol. The van der Waals surface area contributed by atoms with Crippen molar-refractivity contribution in [3.8, 4) is 16.9 Å². The number of amides is 4. The molecule has 4 amide bonds. The number of rotatable bonds is 9. The van der Waals surface area contributed by atoms with Crippen LogP contribution in [-0.4, -0.2) is 80.3 Å². The van der Waals surface area contributed by atoms with Gasteiger partial charge in [-0.25, -0.2) is 4.79 Å². The molecule has 3 aromatic rings. The average molecular weight is 695 g/mol. The maximum atomic E-state index is 15.0. The summed E-state index contributed by atoms with van der Waals surface area (Å²) in [6, 6.07) is 19.9. The molecule has 7 rings (SSSR count). The molecule has 1 saturated heterocycles. The Morgan fingerprint density at radius 1 is 1.00 bits per heavy atom. The van der Waals surface area contributed by atoms with Crippen molar-refractivity contribution in [2.24, 2.45) is 5.92 Å². The van der Waals surface area contributed by atoms with Crippen molar-refractivity contribution in [3.05, 3.63) is 71.8 Å². The van der Waals surface area contributed by atoms with Gasteiger partial charge in [-0.2, -0.15) is 0 Å². The third-order valence-electron chi connectivity index (χ3n) is 10.0. The first-order chi connectivity index (χ1) is 24.5. The van der Waals surface area contributed by atoms with Crippen LogP contribution in [0.25, 0.3) is 11.1 Å². The SMILES string of the molecule is COCCCN1C(=O)COc2ccc(N(C(=O)[C@H]3CN(C(=O)OC(C)(C)C)CC[C@@H]3c3cccc(-c4ccc5c(c4)CC(=O)N5)c3)C3CC3)cc21. The number of hydrogen-bond donors (Lipinski definition) is 1. The van der Waals surface area contributed by atoms with Crippen LogP contribution in [0.3, 0.4) is 0 Å². The van der Waals surface area contributed by atoms with Crippen molar-refractivity contribution < 1.29 is 33.4 Å². The number of hydrogen-bond acceptors (Lipinski definition) is 7. The third-order valence-corrected chi connectivity index (χ3v) is 10.0. The van der Waals surface area contributed by atoms with E-state index in [9.17, 15) is 14.4 Å². The van der Waals surface area contributed by atoms with Gasteiger partial charge in [0.05, 0.1) is 18.0 Å². The van der Waals surface area contributed by atoms with Crippen molar-refractivity contribution >= 4 is 40.9 Å². The Hall–Kier alpha value is -4.90. The Bertz CT molecular complexity index is 1850. The Balaban J connectivity index is 1.22. The van der Waals surface area contributed by atoms with Gasteiger partial charge in [0, 0.05) is 50.8 Å². The highest BCUT2D eigenvalue weighted by atomic mass is 16.6. The summed E-state index contributed by atoms with van der Waals surface area (Å²) in [6.45, 7) is 7.17. The zero-order valence-electron chi connectivity index (χ0n) is 29.8. The molecule has 51 heavy (non-hydrogen) atoms. The van der Waals surface area contributed by atoms with Gasteiger partial charge in [-0.3, -0.25) is 14.4 Å². The van der Waals surface area contributed by atoms with Crippen LogP contribution in [0.1, 0.15) is 63.5 Å². The molecule has 1 N–H and O–H groups in total. The van der Waals surface area contributed by atoms with E-state index < -0.39 is 17.6 Å². The molecule has 0 radical (unpaired) electrons. The van der Waals surface area contributed by atoms with Crippen LogP contribution >= 0.6 is 0 Å². The fourth-order valence-corrected chi connectivity index (χ4v) is 7.43. The van der Waals surface area contributed by atoms with Crippen LogP contribution in [-0.2, 0) is 30.3 Å². The summed E-state index contributed by atoms with van der Waals surface area (Å²) in [6.07, 6.45) is 2.92. The normalized spacial score (nSPS) is 19.9. The topological polar surface area (TPSA) is 118 Å². The first-order valence-electron chi connectivity index (χ1n) is 17.9. The number of ether oxygens (including phenoxy) is 3. The van der Waals surface area contributed by atoms with E-state index in [1.54, 1.807) is 16.9 Å². The van der Waals surface area contributed by atoms with Gasteiger partial charge in [0.2, 0.25) is 11.8 Å². The van der Waals surface area contributed by atoms with E-state index >= 15 is 4.79 Å². The average Bonchev–Trinajstić information content (AvgIpc) is 3.87. The number of fused-ring (bicyclic) bond motifs is 2. The summed E-state index contributed by atoms with van der Waals surface area (Å²) in [5.74, 6) is -0.303. The molecule has 0 aromatic heterocycles. The molecule has 2 fully saturated rings. The first-order valence-corrected chi connectivity index (χ1v) is 17.9. The molecule has 4 aliphatic rings. The van der Waals surface area contributed by atoms with Gasteiger partial charge in [0.1, 0.15) is 11.4 Å². The monoisotopic (exact) mass is 694 g/mol. The smallest absolute Gasteiger partial charge is 0.410 e. The zero-order chi connectivity index (χ0) is 35.9. The highest BCUT2D eigenvalue weighted by Gasteiger charge is 2.44. The predicted octanol–water partition coefficient (Wildman–Crippen LogP) is 6.15. The molecule has 1 saturated carbocycles. The van der Waals surface area contributed by atoms with E-state index in [0.717, 1.165) is 40.8 Å². The number of likely N-dealkylation sites (tertiary alicyclic amines) is 1. The molecule has 268 valence electrons. The van der Waals surface area contributed by atoms with Gasteiger partial charge in [-0.15, -0.1) is 0 Å². The van der Waals surface area contributed by atoms with Gasteiger partial charge in [-0.05, 0) is 105 Å². The number of methoxy groups -OCH3 is 1. The number of carbonyl (C=O) groups is 4. The van der Waals surface area contributed by atoms with Gasteiger partial charge in [0.15, 0.2) is 6.61 Å². The minimum atomic E-state index is -0.671. The van der Waals surface area contributed by atoms with E-state index in [1.165, 1.54) is 0 Å². The molecule has 0 unspecified atom stereocenters. The largest absolute Gasteiger partial charge is 0.482 e. The van der Waals surface area contributed by atoms with E-state index in [1.807, 2.05) is 68.1 Å². The predicted molar refractivity (Wildman–Crippen MR) is 194 cm³/mol. The van der Waals surface area contributed by atoms with Crippen molar-refractivity contribution in [1.82, 2.24) is 4.90 Å². The summed E-state index contributed by atoms with van der Waals surface area (Å²) >= 11 is 0. The summed E-state index contributed by atoms with van der Waals surface area (Å²) < 4.78 is 16.8. The zero-order valence-corrected chi connectivity index (χ0v) is 29.8. The number of carbonyl (C=O) groups excluding carboxylic acids is 4. The maximum absolute atomic E-state index is 15.0. The lowest BCUT2D eigenvalue weighted by Gasteiger charge is -2.41. The molecular formula is C40H46N4O7. The second-order valence-electron chi connectivity index (χ2n) is 14.9. The van der Waals surface area contributed by atoms with Crippen LogP contribution in [0.4, 0.5) is 21.9 Å². The van der Waals surface area contributed by atoms with Gasteiger partial charge < -0.3 is 34.2 Å². The third kappa shape index (κ3) is 7.44. The fraction of sp³-hybridized carbons (Fsp3) is 0.450. The molecule has 0 spiro atoms. The van der Waals surface area contributed by atoms with Crippen LogP contribution < -0.4 is 19.9 Å². The van der Waals surface area contributed by atoms with Crippen molar-refractivity contribution in [2.75, 3.05) is 55.1 Å². The highest BCUT2D eigenvalue weighted by molar-refractivity contribution is 6.02. The summed E-state index contributed by atoms with van der Waals surface area (Å²) in [5, 5.41) is 2.90. The van der Waals surface area contributed by atoms with Crippen LogP contribution in [0, 0.1) is 5.92 Å². The Morgan fingerprint density at radius 2 is 1.80 bits per heavy atom. The van der Waals surface area contributed by atoms with Crippen molar-refractivity contribution in [3.63, 3.8) is 0 Å². The molecule has 3 aliphatic heterocycles. The Labute approximate surface area is 298 Å². The van der Waals surface area contributed by atoms with Gasteiger partial charge >= 0.3 is 6.09 Å². The molecule has 3 heterocycles. The Kier molecular flexibility index (Phi) is 9.50. The molecule has 1 aliphatic carbocycles. The van der Waals surface area contributed by atoms with Crippen molar-refractivity contribution in [2.45, 2.75) is 70.4 Å². The second kappa shape index (κ2) is 14.0. The van der Waals surface area contributed by atoms with Gasteiger partial charge in [-0.1, -0.05) is 30.3 Å². The molecule has 11 heteroatoms. The molecule has 3 aromatic carbocycles. The number of piperidine rings is 1. The maximum Gasteiger partial charge on any atom is 0.410 e. The van der Waals surface area contributed by atoms with E-state index in [0.29, 0.717) is 56.1 Å². The molecule has 0 bridgehead atoms. The summed E-state index contributed by atoms with van der Waals surface area (Å²) in [5.41, 5.74) is 5.52. The van der Waals surface area contributed by atoms with E-state index in [-0.39, 0.29) is 42.8 Å². The second-order valence-corrected chi connectivity index (χ2v) is 14.9. The number of anilines is 3. The summed E-state index contributed by atoms with van der Waals surface area (Å²) in [7, 11) is 1.64. The summed E-state index contributed by atoms with van der Waals surface area (Å²) in [4.78, 5) is 58.7. The van der Waals surface area contributed by atoms with Crippen LogP contribution in [0.15, 0.2) is 60.7 Å². The standard InChI is InChI=1S/C40H46N4O7/c1-40(2,3)51-39(48)42-17-15-31(27-8-5-7-25(19-27)26-9-13-33-28(20-26)21-36(45)41-33)32(23-42)38(47)44(29-10-11-29)30-12-14-35-34(22-30)43(16-6-18-49-4)37(46)24-50-35/h5,7-9,12-14,19-20,22,29,31-32H,6,10-11,15-18,21,23-24H2,1-4H3,(H,41,45)/t31-,32+/m1/s1. The number of nitrogens with zero attached hydrogens (tertiary/aromatic N) is 3. The van der Waals surface area contributed by atoms with Gasteiger partial charge in [0.25, 0.3) is 5.91 Å². The lowest BCUT2D eigenvalue weighted by Crippen LogP contribution is -2.51. The number of nitrogens with one attached hydrogen (secondary N) is 1. The minimum Gasteiger partial charge on any atom is -0.482 e. The lowest BCUT2D eigenvalue weighted by molar-refractivity contribution is -0.125. The van der Waals surface area contributed by atoms with Crippen LogP contribution in [0.2, 0.25) is 0 Å². The lowest BCUT2D eigenvalue weighted by atomic mass is 9.78. The quantitative estimate of drug-likeness (QED) is 0.267.